The van der Waals surface area contributed by atoms with E-state index in [0.717, 1.165) is 12.1 Å². The summed E-state index contributed by atoms with van der Waals surface area (Å²) in [6.07, 6.45) is 0. The van der Waals surface area contributed by atoms with E-state index < -0.39 is 30.1 Å². The van der Waals surface area contributed by atoms with E-state index in [0.29, 0.717) is 22.1 Å². The molecule has 8 heteroatoms. The predicted octanol–water partition coefficient (Wildman–Crippen LogP) is 3.96. The lowest BCUT2D eigenvalue weighted by Gasteiger charge is -2.08. The molecule has 26 heavy (non-hydrogen) atoms. The summed E-state index contributed by atoms with van der Waals surface area (Å²) >= 11 is 5.80. The molecule has 0 aliphatic heterocycles. The number of carbonyl (C=O) groups is 2. The largest absolute Gasteiger partial charge is 0.452 e. The highest BCUT2D eigenvalue weighted by atomic mass is 35.5. The lowest BCUT2D eigenvalue weighted by molar-refractivity contribution is -0.119. The predicted molar refractivity (Wildman–Crippen MR) is 92.0 cm³/mol. The number of ether oxygens (including phenoxy) is 1. The van der Waals surface area contributed by atoms with Crippen molar-refractivity contribution in [2.24, 2.45) is 0 Å². The van der Waals surface area contributed by atoms with E-state index in [4.69, 9.17) is 16.3 Å². The smallest absolute Gasteiger partial charge is 0.338 e. The first-order valence-corrected chi connectivity index (χ1v) is 7.78. The quantitative estimate of drug-likeness (QED) is 0.552. The van der Waals surface area contributed by atoms with Crippen molar-refractivity contribution < 1.29 is 23.1 Å². The Balaban J connectivity index is 1.63. The Morgan fingerprint density at radius 2 is 1.88 bits per heavy atom. The number of nitrogens with zero attached hydrogens (tertiary/aromatic N) is 1. The number of pyridine rings is 1. The first-order valence-electron chi connectivity index (χ1n) is 7.41. The van der Waals surface area contributed by atoms with Crippen molar-refractivity contribution in [1.29, 1.82) is 0 Å². The van der Waals surface area contributed by atoms with Crippen LogP contribution in [0.25, 0.3) is 10.9 Å². The molecule has 5 nitrogen and oxygen atoms in total. The van der Waals surface area contributed by atoms with Gasteiger partial charge < -0.3 is 10.1 Å². The fourth-order valence-corrected chi connectivity index (χ4v) is 2.37. The van der Waals surface area contributed by atoms with Crippen LogP contribution in [-0.4, -0.2) is 23.5 Å². The van der Waals surface area contributed by atoms with Gasteiger partial charge in [0.2, 0.25) is 0 Å². The topological polar surface area (TPSA) is 68.3 Å². The van der Waals surface area contributed by atoms with Crippen LogP contribution in [0.1, 0.15) is 10.4 Å². The van der Waals surface area contributed by atoms with Crippen LogP contribution in [0.5, 0.6) is 0 Å². The Kier molecular flexibility index (Phi) is 5.09. The fraction of sp³-hybridized carbons (Fsp3) is 0.0556. The van der Waals surface area contributed by atoms with Gasteiger partial charge in [0.05, 0.1) is 16.8 Å². The van der Waals surface area contributed by atoms with Gasteiger partial charge in [-0.25, -0.2) is 18.6 Å². The summed E-state index contributed by atoms with van der Waals surface area (Å²) in [6, 6.07) is 10.6. The van der Waals surface area contributed by atoms with E-state index in [1.807, 2.05) is 0 Å². The van der Waals surface area contributed by atoms with Crippen molar-refractivity contribution in [3.63, 3.8) is 0 Å². The van der Waals surface area contributed by atoms with E-state index in [-0.39, 0.29) is 11.3 Å². The Labute approximate surface area is 151 Å². The van der Waals surface area contributed by atoms with E-state index in [1.54, 1.807) is 24.3 Å². The van der Waals surface area contributed by atoms with Crippen LogP contribution in [0.3, 0.4) is 0 Å². The molecule has 0 saturated carbocycles. The second-order valence-electron chi connectivity index (χ2n) is 5.29. The second kappa shape index (κ2) is 7.45. The Morgan fingerprint density at radius 1 is 1.08 bits per heavy atom. The number of nitrogens with one attached hydrogen (secondary N) is 1. The van der Waals surface area contributed by atoms with Gasteiger partial charge in [-0.05, 0) is 42.5 Å². The first-order chi connectivity index (χ1) is 12.4. The van der Waals surface area contributed by atoms with Crippen LogP contribution in [-0.2, 0) is 9.53 Å². The minimum Gasteiger partial charge on any atom is -0.452 e. The maximum Gasteiger partial charge on any atom is 0.338 e. The van der Waals surface area contributed by atoms with Crippen LogP contribution < -0.4 is 5.32 Å². The van der Waals surface area contributed by atoms with Gasteiger partial charge in [-0.2, -0.15) is 0 Å². The molecule has 0 unspecified atom stereocenters. The van der Waals surface area contributed by atoms with Crippen LogP contribution in [0.2, 0.25) is 5.15 Å². The fourth-order valence-electron chi connectivity index (χ4n) is 2.22. The third-order valence-electron chi connectivity index (χ3n) is 3.43. The van der Waals surface area contributed by atoms with Crippen molar-refractivity contribution in [2.75, 3.05) is 11.9 Å². The number of hydrogen-bond acceptors (Lipinski definition) is 4. The number of aromatic nitrogens is 1. The number of benzene rings is 2. The minimum atomic E-state index is -0.926. The van der Waals surface area contributed by atoms with Gasteiger partial charge in [-0.15, -0.1) is 0 Å². The molecule has 0 aliphatic rings. The average molecular weight is 377 g/mol. The number of carbonyl (C=O) groups excluding carboxylic acids is 2. The van der Waals surface area contributed by atoms with Crippen molar-refractivity contribution in [3.8, 4) is 0 Å². The van der Waals surface area contributed by atoms with E-state index in [1.165, 1.54) is 6.07 Å². The number of esters is 1. The molecule has 1 N–H and O–H groups in total. The van der Waals surface area contributed by atoms with Gasteiger partial charge in [-0.3, -0.25) is 4.79 Å². The number of rotatable bonds is 4. The molecule has 1 heterocycles. The second-order valence-corrected chi connectivity index (χ2v) is 5.68. The molecule has 0 atom stereocenters. The normalized spacial score (nSPS) is 10.6. The maximum atomic E-state index is 13.5. The summed E-state index contributed by atoms with van der Waals surface area (Å²) in [6.45, 7) is -0.618. The molecule has 3 aromatic rings. The molecule has 0 spiro atoms. The summed E-state index contributed by atoms with van der Waals surface area (Å²) in [5, 5.41) is 3.21. The molecular weight excluding hydrogens is 366 g/mol. The molecule has 3 rings (SSSR count). The number of halogens is 3. The highest BCUT2D eigenvalue weighted by molar-refractivity contribution is 6.29. The van der Waals surface area contributed by atoms with Gasteiger partial charge in [-0.1, -0.05) is 11.6 Å². The highest BCUT2D eigenvalue weighted by Gasteiger charge is 2.13. The van der Waals surface area contributed by atoms with Gasteiger partial charge in [0, 0.05) is 11.5 Å². The van der Waals surface area contributed by atoms with E-state index >= 15 is 0 Å². The molecular formula is C18H11ClF2N2O3. The molecule has 0 bridgehead atoms. The third-order valence-corrected chi connectivity index (χ3v) is 3.64. The first kappa shape index (κ1) is 17.8. The van der Waals surface area contributed by atoms with E-state index in [2.05, 4.69) is 10.3 Å². The average Bonchev–Trinajstić information content (AvgIpc) is 2.61. The molecule has 1 amide bonds. The third kappa shape index (κ3) is 4.12. The lowest BCUT2D eigenvalue weighted by atomic mass is 10.1. The minimum absolute atomic E-state index is 0.207. The van der Waals surface area contributed by atoms with Gasteiger partial charge in [0.15, 0.2) is 6.61 Å². The summed E-state index contributed by atoms with van der Waals surface area (Å²) in [5.74, 6) is -3.17. The Morgan fingerprint density at radius 3 is 2.65 bits per heavy atom. The SMILES string of the molecule is O=C(COC(=O)c1ccc2nc(Cl)ccc2c1)Nc1ccc(F)cc1F. The zero-order chi connectivity index (χ0) is 18.7. The Bertz CT molecular complexity index is 1010. The lowest BCUT2D eigenvalue weighted by Crippen LogP contribution is -2.21. The summed E-state index contributed by atoms with van der Waals surface area (Å²) in [4.78, 5) is 27.9. The molecule has 1 aromatic heterocycles. The van der Waals surface area contributed by atoms with E-state index in [9.17, 15) is 18.4 Å². The van der Waals surface area contributed by atoms with Gasteiger partial charge in [0.1, 0.15) is 16.8 Å². The summed E-state index contributed by atoms with van der Waals surface area (Å²) in [5.41, 5.74) is 0.627. The molecule has 0 aliphatic carbocycles. The van der Waals surface area contributed by atoms with Crippen molar-refractivity contribution >= 4 is 40.1 Å². The summed E-state index contributed by atoms with van der Waals surface area (Å²) in [7, 11) is 0. The van der Waals surface area contributed by atoms with Crippen molar-refractivity contribution in [3.05, 3.63) is 70.9 Å². The van der Waals surface area contributed by atoms with Crippen LogP contribution in [0.15, 0.2) is 48.5 Å². The number of anilines is 1. The zero-order valence-corrected chi connectivity index (χ0v) is 13.9. The molecule has 0 fully saturated rings. The van der Waals surface area contributed by atoms with Crippen LogP contribution in [0, 0.1) is 11.6 Å². The number of fused-ring (bicyclic) bond motifs is 1. The van der Waals surface area contributed by atoms with Crippen LogP contribution in [0.4, 0.5) is 14.5 Å². The molecule has 132 valence electrons. The monoisotopic (exact) mass is 376 g/mol. The maximum absolute atomic E-state index is 13.5. The molecule has 0 radical (unpaired) electrons. The summed E-state index contributed by atoms with van der Waals surface area (Å²) < 4.78 is 31.2. The number of hydrogen-bond donors (Lipinski definition) is 1. The Hall–Kier alpha value is -3.06. The van der Waals surface area contributed by atoms with Crippen molar-refractivity contribution in [1.82, 2.24) is 4.98 Å². The van der Waals surface area contributed by atoms with Crippen molar-refractivity contribution in [2.45, 2.75) is 0 Å². The standard InChI is InChI=1S/C18H11ClF2N2O3/c19-16-6-2-10-7-11(1-4-14(10)22-16)18(25)26-9-17(24)23-15-5-3-12(20)8-13(15)21/h1-8H,9H2,(H,23,24). The van der Waals surface area contributed by atoms with Gasteiger partial charge in [0.25, 0.3) is 5.91 Å². The number of amides is 1. The van der Waals surface area contributed by atoms with Gasteiger partial charge >= 0.3 is 5.97 Å². The van der Waals surface area contributed by atoms with Crippen LogP contribution >= 0.6 is 11.6 Å². The molecule has 2 aromatic carbocycles. The zero-order valence-electron chi connectivity index (χ0n) is 13.1. The highest BCUT2D eigenvalue weighted by Crippen LogP contribution is 2.18. The molecule has 0 saturated heterocycles.